The van der Waals surface area contributed by atoms with Gasteiger partial charge in [0, 0.05) is 29.5 Å². The Morgan fingerprint density at radius 2 is 1.96 bits per heavy atom. The quantitative estimate of drug-likeness (QED) is 0.877. The zero-order valence-electron chi connectivity index (χ0n) is 12.4. The van der Waals surface area contributed by atoms with Gasteiger partial charge in [-0.15, -0.1) is 0 Å². The third-order valence-electron chi connectivity index (χ3n) is 3.84. The molecule has 0 amide bonds. The fourth-order valence-corrected chi connectivity index (χ4v) is 2.71. The van der Waals surface area contributed by atoms with Crippen LogP contribution in [0.15, 0.2) is 53.9 Å². The Kier molecular flexibility index (Phi) is 4.00. The van der Waals surface area contributed by atoms with Crippen LogP contribution in [0.2, 0.25) is 0 Å². The van der Waals surface area contributed by atoms with Crippen molar-refractivity contribution in [2.75, 3.05) is 0 Å². The first-order chi connectivity index (χ1) is 11.5. The number of nitriles is 1. The van der Waals surface area contributed by atoms with Crippen LogP contribution >= 0.6 is 0 Å². The minimum absolute atomic E-state index is 0.0169. The van der Waals surface area contributed by atoms with Crippen molar-refractivity contribution >= 4 is 5.78 Å². The van der Waals surface area contributed by atoms with E-state index in [0.29, 0.717) is 11.6 Å². The van der Waals surface area contributed by atoms with E-state index in [9.17, 15) is 18.8 Å². The van der Waals surface area contributed by atoms with Crippen molar-refractivity contribution in [2.24, 2.45) is 5.73 Å². The van der Waals surface area contributed by atoms with Gasteiger partial charge in [0.1, 0.15) is 11.9 Å². The van der Waals surface area contributed by atoms with Gasteiger partial charge < -0.3 is 10.5 Å². The highest BCUT2D eigenvalue weighted by atomic mass is 19.1. The maximum Gasteiger partial charge on any atom is 0.205 e. The lowest BCUT2D eigenvalue weighted by Crippen LogP contribution is -2.23. The highest BCUT2D eigenvalue weighted by molar-refractivity contribution is 5.97. The summed E-state index contributed by atoms with van der Waals surface area (Å²) in [7, 11) is 0. The number of fused-ring (bicyclic) bond motifs is 1. The van der Waals surface area contributed by atoms with Crippen LogP contribution in [0.4, 0.5) is 8.78 Å². The van der Waals surface area contributed by atoms with Crippen LogP contribution in [0, 0.1) is 23.0 Å². The van der Waals surface area contributed by atoms with Crippen molar-refractivity contribution in [3.05, 3.63) is 76.7 Å². The van der Waals surface area contributed by atoms with Crippen LogP contribution in [-0.4, -0.2) is 5.78 Å². The number of carbonyl (C=O) groups excluding carboxylic acids is 1. The number of Topliss-reactive ketones (excluding diaryl/α,β-unsaturated/α-hetero) is 1. The maximum atomic E-state index is 14.0. The summed E-state index contributed by atoms with van der Waals surface area (Å²) in [6, 6.07) is 12.0. The molecule has 0 saturated carbocycles. The number of hydrogen-bond acceptors (Lipinski definition) is 4. The highest BCUT2D eigenvalue weighted by Gasteiger charge is 2.33. The van der Waals surface area contributed by atoms with Gasteiger partial charge in [-0.3, -0.25) is 4.79 Å². The Balaban J connectivity index is 2.05. The molecule has 3 rings (SSSR count). The minimum Gasteiger partial charge on any atom is -0.437 e. The SMILES string of the molecule is N#CC1=C(N)Oc2c(F)cc(F)cc2C1CC(=O)c1ccccc1. The molecule has 1 atom stereocenters. The summed E-state index contributed by atoms with van der Waals surface area (Å²) in [5.41, 5.74) is 6.20. The van der Waals surface area contributed by atoms with Crippen molar-refractivity contribution in [3.8, 4) is 11.8 Å². The molecule has 2 aromatic carbocycles. The van der Waals surface area contributed by atoms with Crippen molar-refractivity contribution in [3.63, 3.8) is 0 Å². The zero-order chi connectivity index (χ0) is 17.3. The topological polar surface area (TPSA) is 76.1 Å². The number of ketones is 1. The van der Waals surface area contributed by atoms with Crippen molar-refractivity contribution in [2.45, 2.75) is 12.3 Å². The molecule has 0 aliphatic carbocycles. The van der Waals surface area contributed by atoms with Gasteiger partial charge in [0.05, 0.1) is 5.57 Å². The maximum absolute atomic E-state index is 14.0. The van der Waals surface area contributed by atoms with E-state index >= 15 is 0 Å². The summed E-state index contributed by atoms with van der Waals surface area (Å²) in [4.78, 5) is 12.5. The van der Waals surface area contributed by atoms with Gasteiger partial charge in [0.2, 0.25) is 5.88 Å². The molecule has 0 fully saturated rings. The second-order valence-electron chi connectivity index (χ2n) is 5.34. The van der Waals surface area contributed by atoms with Gasteiger partial charge in [-0.25, -0.2) is 8.78 Å². The molecule has 120 valence electrons. The van der Waals surface area contributed by atoms with E-state index in [1.165, 1.54) is 0 Å². The van der Waals surface area contributed by atoms with Gasteiger partial charge in [-0.1, -0.05) is 30.3 Å². The molecule has 0 bridgehead atoms. The summed E-state index contributed by atoms with van der Waals surface area (Å²) < 4.78 is 32.7. The number of ether oxygens (including phenoxy) is 1. The molecule has 2 N–H and O–H groups in total. The van der Waals surface area contributed by atoms with Gasteiger partial charge >= 0.3 is 0 Å². The largest absolute Gasteiger partial charge is 0.437 e. The Morgan fingerprint density at radius 3 is 2.62 bits per heavy atom. The van der Waals surface area contributed by atoms with Gasteiger partial charge in [0.25, 0.3) is 0 Å². The molecule has 0 radical (unpaired) electrons. The van der Waals surface area contributed by atoms with Crippen LogP contribution in [0.25, 0.3) is 0 Å². The monoisotopic (exact) mass is 326 g/mol. The van der Waals surface area contributed by atoms with E-state index < -0.39 is 17.6 Å². The first-order valence-corrected chi connectivity index (χ1v) is 7.16. The van der Waals surface area contributed by atoms with Crippen LogP contribution in [0.1, 0.15) is 28.3 Å². The molecule has 24 heavy (non-hydrogen) atoms. The van der Waals surface area contributed by atoms with E-state index in [1.807, 2.05) is 6.07 Å². The second-order valence-corrected chi connectivity index (χ2v) is 5.34. The van der Waals surface area contributed by atoms with Crippen molar-refractivity contribution < 1.29 is 18.3 Å². The third kappa shape index (κ3) is 2.72. The number of rotatable bonds is 3. The van der Waals surface area contributed by atoms with Gasteiger partial charge in [-0.2, -0.15) is 5.26 Å². The molecular weight excluding hydrogens is 314 g/mol. The number of hydrogen-bond donors (Lipinski definition) is 1. The Labute approximate surface area is 136 Å². The van der Waals surface area contributed by atoms with E-state index in [2.05, 4.69) is 0 Å². The molecule has 1 unspecified atom stereocenters. The Morgan fingerprint density at radius 1 is 1.25 bits per heavy atom. The van der Waals surface area contributed by atoms with E-state index in [-0.39, 0.29) is 35.0 Å². The van der Waals surface area contributed by atoms with Crippen LogP contribution in [0.5, 0.6) is 5.75 Å². The average Bonchev–Trinajstić information content (AvgIpc) is 2.57. The fourth-order valence-electron chi connectivity index (χ4n) is 2.71. The molecule has 1 aliphatic heterocycles. The summed E-state index contributed by atoms with van der Waals surface area (Å²) in [5.74, 6) is -3.40. The first-order valence-electron chi connectivity index (χ1n) is 7.16. The number of halogens is 2. The normalized spacial score (nSPS) is 16.1. The summed E-state index contributed by atoms with van der Waals surface area (Å²) in [6.07, 6.45) is -0.146. The molecule has 4 nitrogen and oxygen atoms in total. The number of benzene rings is 2. The fraction of sp³-hybridized carbons (Fsp3) is 0.111. The van der Waals surface area contributed by atoms with Crippen LogP contribution < -0.4 is 10.5 Å². The average molecular weight is 326 g/mol. The predicted octanol–water partition coefficient (Wildman–Crippen LogP) is 3.41. The van der Waals surface area contributed by atoms with Gasteiger partial charge in [-0.05, 0) is 6.07 Å². The van der Waals surface area contributed by atoms with Crippen molar-refractivity contribution in [1.82, 2.24) is 0 Å². The van der Waals surface area contributed by atoms with E-state index in [4.69, 9.17) is 10.5 Å². The Bertz CT molecular complexity index is 886. The summed E-state index contributed by atoms with van der Waals surface area (Å²) >= 11 is 0. The number of carbonyl (C=O) groups is 1. The second kappa shape index (κ2) is 6.13. The lowest BCUT2D eigenvalue weighted by atomic mass is 9.84. The number of allylic oxidation sites excluding steroid dienone is 1. The predicted molar refractivity (Wildman–Crippen MR) is 81.9 cm³/mol. The van der Waals surface area contributed by atoms with Crippen LogP contribution in [0.3, 0.4) is 0 Å². The summed E-state index contributed by atoms with van der Waals surface area (Å²) in [5, 5.41) is 9.31. The van der Waals surface area contributed by atoms with E-state index in [1.54, 1.807) is 30.3 Å². The molecule has 6 heteroatoms. The number of nitrogens with two attached hydrogens (primary N) is 1. The molecule has 0 aromatic heterocycles. The van der Waals surface area contributed by atoms with E-state index in [0.717, 1.165) is 6.07 Å². The third-order valence-corrected chi connectivity index (χ3v) is 3.84. The molecule has 2 aromatic rings. The molecular formula is C18H12F2N2O2. The molecule has 0 spiro atoms. The highest BCUT2D eigenvalue weighted by Crippen LogP contribution is 2.42. The minimum atomic E-state index is -0.929. The lowest BCUT2D eigenvalue weighted by molar-refractivity contribution is 0.0976. The van der Waals surface area contributed by atoms with Crippen LogP contribution in [-0.2, 0) is 0 Å². The lowest BCUT2D eigenvalue weighted by Gasteiger charge is -2.26. The first kappa shape index (κ1) is 15.7. The zero-order valence-corrected chi connectivity index (χ0v) is 12.4. The molecule has 1 aliphatic rings. The smallest absolute Gasteiger partial charge is 0.205 e. The van der Waals surface area contributed by atoms with Crippen molar-refractivity contribution in [1.29, 1.82) is 5.26 Å². The number of nitrogens with zero attached hydrogens (tertiary/aromatic N) is 1. The molecule has 1 heterocycles. The summed E-state index contributed by atoms with van der Waals surface area (Å²) in [6.45, 7) is 0. The Hall–Kier alpha value is -3.20. The molecule has 0 saturated heterocycles. The van der Waals surface area contributed by atoms with Gasteiger partial charge in [0.15, 0.2) is 17.3 Å². The standard InChI is InChI=1S/C18H12F2N2O2/c19-11-6-13-12(8-16(23)10-4-2-1-3-5-10)14(9-21)18(22)24-17(13)15(20)7-11/h1-7,12H,8,22H2.